The lowest BCUT2D eigenvalue weighted by Crippen LogP contribution is -2.30. The van der Waals surface area contributed by atoms with Gasteiger partial charge < -0.3 is 19.1 Å². The first-order valence-corrected chi connectivity index (χ1v) is 14.4. The van der Waals surface area contributed by atoms with Crippen molar-refractivity contribution < 1.29 is 31.8 Å². The number of carbonyl (C=O) groups excluding carboxylic acids is 1. The van der Waals surface area contributed by atoms with Gasteiger partial charge in [0.1, 0.15) is 5.82 Å². The van der Waals surface area contributed by atoms with Crippen LogP contribution in [-0.2, 0) is 21.3 Å². The predicted molar refractivity (Wildman–Crippen MR) is 150 cm³/mol. The number of hydrogen-bond acceptors (Lipinski definition) is 8. The number of rotatable bonds is 10. The SMILES string of the molecule is COc1ccc(N(Cc2cccnc2)c2ccc(C(=O)NS(=O)(=O)c3ccc(F)cc3)cc2)cc1OC1CCCO1. The third-order valence-corrected chi connectivity index (χ3v) is 7.81. The topological polar surface area (TPSA) is 107 Å². The molecule has 41 heavy (non-hydrogen) atoms. The summed E-state index contributed by atoms with van der Waals surface area (Å²) in [5.41, 5.74) is 2.61. The molecule has 2 heterocycles. The predicted octanol–water partition coefficient (Wildman–Crippen LogP) is 5.20. The first kappa shape index (κ1) is 28.1. The molecule has 4 aromatic rings. The van der Waals surface area contributed by atoms with E-state index in [0.29, 0.717) is 24.7 Å². The normalized spacial score (nSPS) is 14.8. The number of nitrogens with zero attached hydrogens (tertiary/aromatic N) is 2. The average Bonchev–Trinajstić information content (AvgIpc) is 3.50. The molecule has 1 aliphatic rings. The van der Waals surface area contributed by atoms with Crippen LogP contribution >= 0.6 is 0 Å². The number of nitrogens with one attached hydrogen (secondary N) is 1. The van der Waals surface area contributed by atoms with Crippen molar-refractivity contribution >= 4 is 27.3 Å². The minimum Gasteiger partial charge on any atom is -0.493 e. The molecule has 9 nitrogen and oxygen atoms in total. The molecule has 5 rings (SSSR count). The Bertz CT molecular complexity index is 1590. The standard InChI is InChI=1S/C30H28FN3O6S/c1-38-27-15-12-25(18-28(27)40-29-5-3-17-39-29)34(20-21-4-2-16-32-19-21)24-10-6-22(7-11-24)30(35)33-41(36,37)26-13-8-23(31)9-14-26/h2,4,6-16,18-19,29H,3,5,17,20H2,1H3,(H,33,35). The summed E-state index contributed by atoms with van der Waals surface area (Å²) < 4.78 is 57.7. The van der Waals surface area contributed by atoms with E-state index in [1.165, 1.54) is 12.1 Å². The van der Waals surface area contributed by atoms with Crippen molar-refractivity contribution in [3.63, 3.8) is 0 Å². The van der Waals surface area contributed by atoms with E-state index >= 15 is 0 Å². The number of benzene rings is 3. The van der Waals surface area contributed by atoms with Crippen molar-refractivity contribution in [2.45, 2.75) is 30.6 Å². The van der Waals surface area contributed by atoms with E-state index < -0.39 is 21.7 Å². The zero-order valence-electron chi connectivity index (χ0n) is 22.2. The van der Waals surface area contributed by atoms with Crippen molar-refractivity contribution in [1.82, 2.24) is 9.71 Å². The molecule has 0 radical (unpaired) electrons. The number of pyridine rings is 1. The summed E-state index contributed by atoms with van der Waals surface area (Å²) in [7, 11) is -2.60. The Kier molecular flexibility index (Phi) is 8.46. The molecule has 1 saturated heterocycles. The van der Waals surface area contributed by atoms with E-state index in [1.807, 2.05) is 40.0 Å². The molecular formula is C30H28FN3O6S. The summed E-state index contributed by atoms with van der Waals surface area (Å²) in [5.74, 6) is -0.282. The van der Waals surface area contributed by atoms with Crippen molar-refractivity contribution in [2.24, 2.45) is 0 Å². The molecule has 1 aromatic heterocycles. The number of ether oxygens (including phenoxy) is 3. The van der Waals surface area contributed by atoms with E-state index in [-0.39, 0.29) is 16.7 Å². The zero-order chi connectivity index (χ0) is 28.8. The lowest BCUT2D eigenvalue weighted by atomic mass is 10.1. The maximum absolute atomic E-state index is 13.2. The number of methoxy groups -OCH3 is 1. The summed E-state index contributed by atoms with van der Waals surface area (Å²) in [6, 6.07) is 20.1. The number of halogens is 1. The lowest BCUT2D eigenvalue weighted by molar-refractivity contribution is -0.0402. The number of amides is 1. The van der Waals surface area contributed by atoms with Gasteiger partial charge >= 0.3 is 0 Å². The molecule has 1 atom stereocenters. The minimum atomic E-state index is -4.18. The van der Waals surface area contributed by atoms with Crippen LogP contribution in [0.15, 0.2) is 96.2 Å². The lowest BCUT2D eigenvalue weighted by Gasteiger charge is -2.27. The third kappa shape index (κ3) is 6.82. The van der Waals surface area contributed by atoms with Crippen LogP contribution in [0, 0.1) is 5.82 Å². The molecule has 0 aliphatic carbocycles. The molecule has 1 amide bonds. The number of carbonyl (C=O) groups is 1. The van der Waals surface area contributed by atoms with Gasteiger partial charge in [0.25, 0.3) is 15.9 Å². The van der Waals surface area contributed by atoms with Gasteiger partial charge in [0.15, 0.2) is 17.8 Å². The second-order valence-electron chi connectivity index (χ2n) is 9.28. The Balaban J connectivity index is 1.42. The molecule has 3 aromatic carbocycles. The van der Waals surface area contributed by atoms with Gasteiger partial charge in [-0.2, -0.15) is 0 Å². The summed E-state index contributed by atoms with van der Waals surface area (Å²) in [6.07, 6.45) is 4.82. The van der Waals surface area contributed by atoms with Crippen LogP contribution in [0.3, 0.4) is 0 Å². The maximum Gasteiger partial charge on any atom is 0.264 e. The Hall–Kier alpha value is -4.48. The molecule has 1 aliphatic heterocycles. The fourth-order valence-electron chi connectivity index (χ4n) is 4.36. The van der Waals surface area contributed by atoms with Gasteiger partial charge in [0.2, 0.25) is 0 Å². The van der Waals surface area contributed by atoms with Gasteiger partial charge in [0, 0.05) is 48.4 Å². The summed E-state index contributed by atoms with van der Waals surface area (Å²) >= 11 is 0. The van der Waals surface area contributed by atoms with Crippen LogP contribution in [0.1, 0.15) is 28.8 Å². The second-order valence-corrected chi connectivity index (χ2v) is 11.0. The van der Waals surface area contributed by atoms with Crippen LogP contribution in [0.2, 0.25) is 0 Å². The van der Waals surface area contributed by atoms with Gasteiger partial charge in [-0.25, -0.2) is 17.5 Å². The molecule has 0 saturated carbocycles. The Morgan fingerprint density at radius 3 is 2.46 bits per heavy atom. The van der Waals surface area contributed by atoms with Crippen molar-refractivity contribution in [3.05, 3.63) is 108 Å². The first-order valence-electron chi connectivity index (χ1n) is 12.9. The molecule has 0 bridgehead atoms. The number of aromatic nitrogens is 1. The maximum atomic E-state index is 13.2. The largest absolute Gasteiger partial charge is 0.493 e. The molecular weight excluding hydrogens is 549 g/mol. The zero-order valence-corrected chi connectivity index (χ0v) is 23.0. The molecule has 0 spiro atoms. The molecule has 1 N–H and O–H groups in total. The number of anilines is 2. The van der Waals surface area contributed by atoms with E-state index in [4.69, 9.17) is 14.2 Å². The smallest absolute Gasteiger partial charge is 0.264 e. The third-order valence-electron chi connectivity index (χ3n) is 6.46. The van der Waals surface area contributed by atoms with Crippen molar-refractivity contribution in [2.75, 3.05) is 18.6 Å². The van der Waals surface area contributed by atoms with Crippen LogP contribution in [-0.4, -0.2) is 39.3 Å². The fraction of sp³-hybridized carbons (Fsp3) is 0.200. The van der Waals surface area contributed by atoms with Crippen LogP contribution < -0.4 is 19.1 Å². The van der Waals surface area contributed by atoms with E-state index in [2.05, 4.69) is 4.98 Å². The van der Waals surface area contributed by atoms with E-state index in [9.17, 15) is 17.6 Å². The van der Waals surface area contributed by atoms with Crippen LogP contribution in [0.25, 0.3) is 0 Å². The van der Waals surface area contributed by atoms with E-state index in [0.717, 1.165) is 54.0 Å². The van der Waals surface area contributed by atoms with Crippen LogP contribution in [0.5, 0.6) is 11.5 Å². The second kappa shape index (κ2) is 12.4. The first-order chi connectivity index (χ1) is 19.8. The van der Waals surface area contributed by atoms with Crippen molar-refractivity contribution in [1.29, 1.82) is 0 Å². The fourth-order valence-corrected chi connectivity index (χ4v) is 5.33. The Morgan fingerprint density at radius 2 is 1.80 bits per heavy atom. The highest BCUT2D eigenvalue weighted by molar-refractivity contribution is 7.90. The minimum absolute atomic E-state index is 0.137. The molecule has 1 unspecified atom stereocenters. The highest BCUT2D eigenvalue weighted by atomic mass is 32.2. The highest BCUT2D eigenvalue weighted by Gasteiger charge is 2.22. The average molecular weight is 578 g/mol. The Labute approximate surface area is 237 Å². The van der Waals surface area contributed by atoms with Gasteiger partial charge in [-0.15, -0.1) is 0 Å². The van der Waals surface area contributed by atoms with Crippen molar-refractivity contribution in [3.8, 4) is 11.5 Å². The van der Waals surface area contributed by atoms with Crippen LogP contribution in [0.4, 0.5) is 15.8 Å². The Morgan fingerprint density at radius 1 is 1.05 bits per heavy atom. The van der Waals surface area contributed by atoms with E-state index in [1.54, 1.807) is 31.6 Å². The summed E-state index contributed by atoms with van der Waals surface area (Å²) in [4.78, 5) is 18.8. The number of hydrogen-bond donors (Lipinski definition) is 1. The number of sulfonamides is 1. The van der Waals surface area contributed by atoms with Gasteiger partial charge in [-0.3, -0.25) is 9.78 Å². The quantitative estimate of drug-likeness (QED) is 0.274. The van der Waals surface area contributed by atoms with Gasteiger partial charge in [-0.05, 0) is 78.7 Å². The van der Waals surface area contributed by atoms with Gasteiger partial charge in [0.05, 0.1) is 18.6 Å². The molecule has 1 fully saturated rings. The summed E-state index contributed by atoms with van der Waals surface area (Å²) in [6.45, 7) is 1.09. The molecule has 11 heteroatoms. The summed E-state index contributed by atoms with van der Waals surface area (Å²) in [5, 5.41) is 0. The highest BCUT2D eigenvalue weighted by Crippen LogP contribution is 2.37. The molecule has 212 valence electrons. The monoisotopic (exact) mass is 577 g/mol. The van der Waals surface area contributed by atoms with Gasteiger partial charge in [-0.1, -0.05) is 6.07 Å².